The van der Waals surface area contributed by atoms with Crippen molar-refractivity contribution in [2.75, 3.05) is 6.26 Å². The number of oxazole rings is 1. The SMILES string of the molecule is CS(=O)(=Nc1nc2ccccc2o1)c1ccc(Br)cc1. The fraction of sp³-hybridized carbons (Fsp3) is 0.0714. The molecule has 3 aromatic rings. The summed E-state index contributed by atoms with van der Waals surface area (Å²) < 4.78 is 23.2. The maximum atomic E-state index is 12.7. The van der Waals surface area contributed by atoms with Gasteiger partial charge in [-0.1, -0.05) is 28.1 Å². The van der Waals surface area contributed by atoms with Gasteiger partial charge in [0.05, 0.1) is 9.73 Å². The maximum absolute atomic E-state index is 12.7. The lowest BCUT2D eigenvalue weighted by Crippen LogP contribution is -1.96. The van der Waals surface area contributed by atoms with Crippen molar-refractivity contribution in [3.63, 3.8) is 0 Å². The van der Waals surface area contributed by atoms with Crippen molar-refractivity contribution in [3.05, 3.63) is 53.0 Å². The molecule has 3 rings (SSSR count). The third kappa shape index (κ3) is 2.62. The van der Waals surface area contributed by atoms with Gasteiger partial charge in [0.15, 0.2) is 5.58 Å². The predicted octanol–water partition coefficient (Wildman–Crippen LogP) is 4.38. The molecule has 1 heterocycles. The van der Waals surface area contributed by atoms with Gasteiger partial charge in [-0.05, 0) is 36.4 Å². The number of hydrogen-bond donors (Lipinski definition) is 0. The Balaban J connectivity index is 2.09. The fourth-order valence-corrected chi connectivity index (χ4v) is 3.17. The van der Waals surface area contributed by atoms with Crippen LogP contribution in [-0.2, 0) is 9.73 Å². The van der Waals surface area contributed by atoms with E-state index in [0.29, 0.717) is 16.0 Å². The van der Waals surface area contributed by atoms with Crippen LogP contribution in [0.1, 0.15) is 0 Å². The van der Waals surface area contributed by atoms with Crippen LogP contribution < -0.4 is 0 Å². The maximum Gasteiger partial charge on any atom is 0.331 e. The minimum atomic E-state index is -2.58. The summed E-state index contributed by atoms with van der Waals surface area (Å²) in [6, 6.07) is 14.7. The summed E-state index contributed by atoms with van der Waals surface area (Å²) in [4.78, 5) is 4.86. The number of nitrogens with zero attached hydrogens (tertiary/aromatic N) is 2. The fourth-order valence-electron chi connectivity index (χ4n) is 1.79. The van der Waals surface area contributed by atoms with Crippen LogP contribution in [0.5, 0.6) is 0 Å². The van der Waals surface area contributed by atoms with Crippen LogP contribution >= 0.6 is 15.9 Å². The molecule has 0 saturated heterocycles. The Labute approximate surface area is 125 Å². The molecule has 102 valence electrons. The lowest BCUT2D eigenvalue weighted by Gasteiger charge is -2.02. The molecule has 1 aromatic heterocycles. The zero-order valence-electron chi connectivity index (χ0n) is 10.6. The van der Waals surface area contributed by atoms with Crippen LogP contribution in [0.3, 0.4) is 0 Å². The molecule has 0 amide bonds. The average molecular weight is 351 g/mol. The van der Waals surface area contributed by atoms with Gasteiger partial charge < -0.3 is 4.42 Å². The van der Waals surface area contributed by atoms with Gasteiger partial charge in [0, 0.05) is 15.6 Å². The average Bonchev–Trinajstić information content (AvgIpc) is 2.80. The largest absolute Gasteiger partial charge is 0.422 e. The monoisotopic (exact) mass is 350 g/mol. The van der Waals surface area contributed by atoms with E-state index in [2.05, 4.69) is 25.3 Å². The molecule has 0 saturated carbocycles. The van der Waals surface area contributed by atoms with Crippen LogP contribution in [-0.4, -0.2) is 15.4 Å². The van der Waals surface area contributed by atoms with E-state index in [1.165, 1.54) is 0 Å². The van der Waals surface area contributed by atoms with Gasteiger partial charge in [0.2, 0.25) is 0 Å². The van der Waals surface area contributed by atoms with E-state index in [0.717, 1.165) is 4.47 Å². The Morgan fingerprint density at radius 2 is 1.85 bits per heavy atom. The first-order valence-electron chi connectivity index (χ1n) is 5.88. The lowest BCUT2D eigenvalue weighted by atomic mass is 10.3. The molecule has 0 aliphatic rings. The van der Waals surface area contributed by atoms with Gasteiger partial charge in [-0.3, -0.25) is 0 Å². The highest BCUT2D eigenvalue weighted by atomic mass is 79.9. The summed E-state index contributed by atoms with van der Waals surface area (Å²) in [5.41, 5.74) is 1.34. The summed E-state index contributed by atoms with van der Waals surface area (Å²) in [7, 11) is -2.58. The standard InChI is InChI=1S/C14H11BrN2O2S/c1-20(18,11-8-6-10(15)7-9-11)17-14-16-12-4-2-3-5-13(12)19-14/h2-9H,1H3. The van der Waals surface area contributed by atoms with Gasteiger partial charge in [-0.25, -0.2) is 4.21 Å². The smallest absolute Gasteiger partial charge is 0.331 e. The first-order valence-corrected chi connectivity index (χ1v) is 8.59. The molecule has 6 heteroatoms. The number of hydrogen-bond acceptors (Lipinski definition) is 4. The van der Waals surface area contributed by atoms with Crippen LogP contribution in [0, 0.1) is 0 Å². The van der Waals surface area contributed by atoms with Gasteiger partial charge in [0.25, 0.3) is 0 Å². The van der Waals surface area contributed by atoms with Crippen molar-refractivity contribution in [2.45, 2.75) is 4.90 Å². The minimum Gasteiger partial charge on any atom is -0.422 e. The quantitative estimate of drug-likeness (QED) is 0.689. The van der Waals surface area contributed by atoms with E-state index in [4.69, 9.17) is 4.42 Å². The van der Waals surface area contributed by atoms with E-state index < -0.39 is 9.73 Å². The molecular weight excluding hydrogens is 340 g/mol. The predicted molar refractivity (Wildman–Crippen MR) is 82.6 cm³/mol. The Kier molecular flexibility index (Phi) is 3.35. The second-order valence-corrected chi connectivity index (χ2v) is 7.49. The van der Waals surface area contributed by atoms with Crippen molar-refractivity contribution < 1.29 is 8.63 Å². The van der Waals surface area contributed by atoms with Gasteiger partial charge in [-0.2, -0.15) is 4.98 Å². The van der Waals surface area contributed by atoms with Gasteiger partial charge >= 0.3 is 6.01 Å². The van der Waals surface area contributed by atoms with Crippen molar-refractivity contribution in [3.8, 4) is 0 Å². The molecule has 0 N–H and O–H groups in total. The van der Waals surface area contributed by atoms with Crippen molar-refractivity contribution in [1.29, 1.82) is 0 Å². The van der Waals surface area contributed by atoms with Crippen molar-refractivity contribution in [1.82, 2.24) is 4.98 Å². The van der Waals surface area contributed by atoms with Crippen LogP contribution in [0.4, 0.5) is 6.01 Å². The first kappa shape index (κ1) is 13.3. The zero-order valence-corrected chi connectivity index (χ0v) is 13.0. The summed E-state index contributed by atoms with van der Waals surface area (Å²) in [5.74, 6) is 0. The highest BCUT2D eigenvalue weighted by Gasteiger charge is 2.10. The number of benzene rings is 2. The highest BCUT2D eigenvalue weighted by Crippen LogP contribution is 2.24. The van der Waals surface area contributed by atoms with E-state index in [9.17, 15) is 4.21 Å². The summed E-state index contributed by atoms with van der Waals surface area (Å²) in [5, 5.41) is 0. The van der Waals surface area contributed by atoms with E-state index in [1.54, 1.807) is 24.5 Å². The summed E-state index contributed by atoms with van der Waals surface area (Å²) >= 11 is 3.35. The minimum absolute atomic E-state index is 0.140. The van der Waals surface area contributed by atoms with Crippen molar-refractivity contribution >= 4 is 42.8 Å². The molecule has 0 fully saturated rings. The molecule has 0 aliphatic carbocycles. The Morgan fingerprint density at radius 1 is 1.15 bits per heavy atom. The number of fused-ring (bicyclic) bond motifs is 1. The summed E-state index contributed by atoms with van der Waals surface area (Å²) in [6.45, 7) is 0. The van der Waals surface area contributed by atoms with Gasteiger partial charge in [0.1, 0.15) is 5.52 Å². The van der Waals surface area contributed by atoms with Crippen LogP contribution in [0.15, 0.2) is 66.7 Å². The van der Waals surface area contributed by atoms with E-state index in [1.807, 2.05) is 30.3 Å². The molecule has 2 aromatic carbocycles. The van der Waals surface area contributed by atoms with Gasteiger partial charge in [-0.15, -0.1) is 4.36 Å². The Hall–Kier alpha value is -1.66. The second kappa shape index (κ2) is 5.03. The van der Waals surface area contributed by atoms with E-state index in [-0.39, 0.29) is 6.01 Å². The van der Waals surface area contributed by atoms with Crippen molar-refractivity contribution in [2.24, 2.45) is 4.36 Å². The normalized spacial score (nSPS) is 14.1. The molecule has 1 unspecified atom stereocenters. The molecule has 0 radical (unpaired) electrons. The van der Waals surface area contributed by atoms with E-state index >= 15 is 0 Å². The molecule has 0 aliphatic heterocycles. The molecular formula is C14H11BrN2O2S. The molecule has 20 heavy (non-hydrogen) atoms. The number of aromatic nitrogens is 1. The third-order valence-electron chi connectivity index (χ3n) is 2.79. The second-order valence-electron chi connectivity index (χ2n) is 4.31. The topological polar surface area (TPSA) is 55.5 Å². The van der Waals surface area contributed by atoms with Crippen LogP contribution in [0.25, 0.3) is 11.1 Å². The zero-order chi connectivity index (χ0) is 14.2. The Morgan fingerprint density at radius 3 is 2.55 bits per heavy atom. The Bertz CT molecular complexity index is 845. The molecule has 4 nitrogen and oxygen atoms in total. The third-order valence-corrected chi connectivity index (χ3v) is 4.97. The highest BCUT2D eigenvalue weighted by molar-refractivity contribution is 9.10. The number of halogens is 1. The molecule has 0 spiro atoms. The first-order chi connectivity index (χ1) is 9.54. The summed E-state index contributed by atoms with van der Waals surface area (Å²) in [6.07, 6.45) is 1.57. The lowest BCUT2D eigenvalue weighted by molar-refractivity contribution is 0.612. The number of para-hydroxylation sites is 2. The number of rotatable bonds is 2. The van der Waals surface area contributed by atoms with Crippen LogP contribution in [0.2, 0.25) is 0 Å². The molecule has 0 bridgehead atoms. The molecule has 1 atom stereocenters.